The number of carbonyl (C=O) groups excluding carboxylic acids is 1. The molecule has 2 aromatic heterocycles. The van der Waals surface area contributed by atoms with Crippen LogP contribution in [0.2, 0.25) is 0 Å². The Bertz CT molecular complexity index is 831. The van der Waals surface area contributed by atoms with Crippen LogP contribution in [-0.2, 0) is 17.8 Å². The molecule has 24 heavy (non-hydrogen) atoms. The molecule has 0 aliphatic carbocycles. The fourth-order valence-electron chi connectivity index (χ4n) is 2.45. The summed E-state index contributed by atoms with van der Waals surface area (Å²) in [6.07, 6.45) is 0.789. The van der Waals surface area contributed by atoms with Crippen LogP contribution in [0, 0.1) is 6.92 Å². The second-order valence-corrected chi connectivity index (χ2v) is 7.90. The summed E-state index contributed by atoms with van der Waals surface area (Å²) in [7, 11) is 0. The molecular weight excluding hydrogens is 348 g/mol. The van der Waals surface area contributed by atoms with Crippen LogP contribution in [0.1, 0.15) is 25.3 Å². The van der Waals surface area contributed by atoms with Crippen LogP contribution in [0.25, 0.3) is 0 Å². The molecule has 0 aromatic carbocycles. The molecule has 2 aromatic rings. The fraction of sp³-hybridized carbons (Fsp3) is 0.467. The monoisotopic (exact) mass is 366 g/mol. The van der Waals surface area contributed by atoms with E-state index in [0.717, 1.165) is 17.0 Å². The molecule has 0 fully saturated rings. The van der Waals surface area contributed by atoms with E-state index in [1.165, 1.54) is 11.8 Å². The molecule has 1 aliphatic heterocycles. The number of anilines is 1. The summed E-state index contributed by atoms with van der Waals surface area (Å²) in [5.41, 5.74) is 0.837. The number of carbonyl (C=O) groups is 1. The summed E-state index contributed by atoms with van der Waals surface area (Å²) in [5, 5.41) is 7.34. The van der Waals surface area contributed by atoms with Crippen LogP contribution in [0.3, 0.4) is 0 Å². The molecule has 1 atom stereocenters. The molecule has 1 aliphatic rings. The van der Waals surface area contributed by atoms with Crippen molar-refractivity contribution in [3.05, 3.63) is 27.9 Å². The quantitative estimate of drug-likeness (QED) is 0.641. The van der Waals surface area contributed by atoms with Crippen molar-refractivity contribution < 1.29 is 9.32 Å². The first-order valence-electron chi connectivity index (χ1n) is 7.64. The number of fused-ring (bicyclic) bond motifs is 1. The first-order chi connectivity index (χ1) is 11.5. The Morgan fingerprint density at radius 3 is 3.04 bits per heavy atom. The molecule has 3 heterocycles. The average Bonchev–Trinajstić information content (AvgIpc) is 3.10. The van der Waals surface area contributed by atoms with Gasteiger partial charge in [0.25, 0.3) is 5.56 Å². The Morgan fingerprint density at radius 2 is 2.38 bits per heavy atom. The SMILES string of the molecule is CCn1c(SCC(=O)Nc2cc(C)on2)nc2c(c1=O)S[C@H](C)C2. The number of nitrogens with one attached hydrogen (secondary N) is 1. The number of rotatable bonds is 5. The van der Waals surface area contributed by atoms with E-state index in [-0.39, 0.29) is 17.2 Å². The minimum absolute atomic E-state index is 0.00751. The van der Waals surface area contributed by atoms with Gasteiger partial charge in [0.2, 0.25) is 5.91 Å². The van der Waals surface area contributed by atoms with Crippen molar-refractivity contribution in [2.75, 3.05) is 11.1 Å². The van der Waals surface area contributed by atoms with Gasteiger partial charge in [-0.1, -0.05) is 23.8 Å². The van der Waals surface area contributed by atoms with E-state index in [9.17, 15) is 9.59 Å². The molecule has 1 N–H and O–H groups in total. The first-order valence-corrected chi connectivity index (χ1v) is 9.50. The maximum atomic E-state index is 12.6. The minimum Gasteiger partial charge on any atom is -0.360 e. The van der Waals surface area contributed by atoms with Crippen LogP contribution in [-0.4, -0.2) is 31.6 Å². The van der Waals surface area contributed by atoms with Gasteiger partial charge >= 0.3 is 0 Å². The molecule has 0 saturated carbocycles. The molecule has 0 bridgehead atoms. The van der Waals surface area contributed by atoms with E-state index in [0.29, 0.717) is 28.5 Å². The van der Waals surface area contributed by atoms with Crippen molar-refractivity contribution in [1.29, 1.82) is 0 Å². The van der Waals surface area contributed by atoms with Gasteiger partial charge < -0.3 is 9.84 Å². The van der Waals surface area contributed by atoms with Gasteiger partial charge in [-0.2, -0.15) is 0 Å². The van der Waals surface area contributed by atoms with Crippen molar-refractivity contribution in [2.45, 2.75) is 49.0 Å². The number of hydrogen-bond acceptors (Lipinski definition) is 7. The van der Waals surface area contributed by atoms with Gasteiger partial charge in [0.05, 0.1) is 16.3 Å². The lowest BCUT2D eigenvalue weighted by Gasteiger charge is -2.11. The Morgan fingerprint density at radius 1 is 1.58 bits per heavy atom. The van der Waals surface area contributed by atoms with Gasteiger partial charge in [-0.05, 0) is 13.8 Å². The van der Waals surface area contributed by atoms with Gasteiger partial charge in [-0.15, -0.1) is 11.8 Å². The Balaban J connectivity index is 1.73. The highest BCUT2D eigenvalue weighted by Crippen LogP contribution is 2.34. The predicted octanol–water partition coefficient (Wildman–Crippen LogP) is 2.33. The zero-order valence-corrected chi connectivity index (χ0v) is 15.3. The molecule has 0 spiro atoms. The normalized spacial score (nSPS) is 16.2. The van der Waals surface area contributed by atoms with Crippen molar-refractivity contribution in [2.24, 2.45) is 0 Å². The van der Waals surface area contributed by atoms with Crippen LogP contribution >= 0.6 is 23.5 Å². The van der Waals surface area contributed by atoms with Gasteiger partial charge in [0.1, 0.15) is 5.76 Å². The second kappa shape index (κ2) is 7.02. The van der Waals surface area contributed by atoms with Gasteiger partial charge in [-0.25, -0.2) is 4.98 Å². The van der Waals surface area contributed by atoms with Gasteiger partial charge in [0, 0.05) is 24.3 Å². The molecule has 7 nitrogen and oxygen atoms in total. The summed E-state index contributed by atoms with van der Waals surface area (Å²) in [6, 6.07) is 1.65. The summed E-state index contributed by atoms with van der Waals surface area (Å²) in [4.78, 5) is 30.0. The number of aryl methyl sites for hydroxylation is 1. The fourth-order valence-corrected chi connectivity index (χ4v) is 4.45. The highest BCUT2D eigenvalue weighted by Gasteiger charge is 2.26. The standard InChI is InChI=1S/C15H18N4O3S2/c1-4-19-14(21)13-10(6-9(3)24-13)16-15(19)23-7-12(20)17-11-5-8(2)22-18-11/h5,9H,4,6-7H2,1-3H3,(H,17,18,20)/t9-/m1/s1. The highest BCUT2D eigenvalue weighted by atomic mass is 32.2. The molecule has 9 heteroatoms. The molecule has 128 valence electrons. The number of nitrogens with zero attached hydrogens (tertiary/aromatic N) is 3. The van der Waals surface area contributed by atoms with E-state index in [1.807, 2.05) is 6.92 Å². The van der Waals surface area contributed by atoms with E-state index in [2.05, 4.69) is 22.4 Å². The zero-order valence-electron chi connectivity index (χ0n) is 13.7. The lowest BCUT2D eigenvalue weighted by Crippen LogP contribution is -2.25. The lowest BCUT2D eigenvalue weighted by molar-refractivity contribution is -0.113. The smallest absolute Gasteiger partial charge is 0.268 e. The molecule has 0 radical (unpaired) electrons. The van der Waals surface area contributed by atoms with Crippen molar-refractivity contribution in [1.82, 2.24) is 14.7 Å². The number of aromatic nitrogens is 3. The third-order valence-corrected chi connectivity index (χ3v) is 5.70. The number of hydrogen-bond donors (Lipinski definition) is 1. The average molecular weight is 366 g/mol. The van der Waals surface area contributed by atoms with Crippen LogP contribution < -0.4 is 10.9 Å². The Hall–Kier alpha value is -1.74. The van der Waals surface area contributed by atoms with Crippen molar-refractivity contribution in [3.8, 4) is 0 Å². The molecule has 3 rings (SSSR count). The number of thioether (sulfide) groups is 2. The molecular formula is C15H18N4O3S2. The van der Waals surface area contributed by atoms with Crippen molar-refractivity contribution >= 4 is 35.2 Å². The summed E-state index contributed by atoms with van der Waals surface area (Å²) >= 11 is 2.84. The Kier molecular flexibility index (Phi) is 5.00. The summed E-state index contributed by atoms with van der Waals surface area (Å²) in [5.74, 6) is 0.955. The first kappa shape index (κ1) is 17.1. The highest BCUT2D eigenvalue weighted by molar-refractivity contribution is 8.00. The third kappa shape index (κ3) is 3.51. The Labute approximate surface area is 147 Å². The topological polar surface area (TPSA) is 90.0 Å². The lowest BCUT2D eigenvalue weighted by atomic mass is 10.2. The number of amides is 1. The third-order valence-electron chi connectivity index (χ3n) is 3.51. The maximum absolute atomic E-state index is 12.6. The molecule has 0 saturated heterocycles. The van der Waals surface area contributed by atoms with E-state index in [4.69, 9.17) is 4.52 Å². The van der Waals surface area contributed by atoms with Crippen LogP contribution in [0.4, 0.5) is 5.82 Å². The van der Waals surface area contributed by atoms with E-state index >= 15 is 0 Å². The summed E-state index contributed by atoms with van der Waals surface area (Å²) < 4.78 is 6.54. The molecule has 1 amide bonds. The van der Waals surface area contributed by atoms with Crippen molar-refractivity contribution in [3.63, 3.8) is 0 Å². The van der Waals surface area contributed by atoms with Gasteiger partial charge in [0.15, 0.2) is 11.0 Å². The minimum atomic E-state index is -0.214. The van der Waals surface area contributed by atoms with Crippen LogP contribution in [0.15, 0.2) is 25.4 Å². The summed E-state index contributed by atoms with van der Waals surface area (Å²) in [6.45, 7) is 6.27. The van der Waals surface area contributed by atoms with E-state index in [1.54, 1.807) is 29.3 Å². The zero-order chi connectivity index (χ0) is 17.3. The van der Waals surface area contributed by atoms with E-state index < -0.39 is 0 Å². The molecule has 0 unspecified atom stereocenters. The predicted molar refractivity (Wildman–Crippen MR) is 93.8 cm³/mol. The second-order valence-electron chi connectivity index (χ2n) is 5.51. The largest absolute Gasteiger partial charge is 0.360 e. The van der Waals surface area contributed by atoms with Crippen LogP contribution in [0.5, 0.6) is 0 Å². The maximum Gasteiger partial charge on any atom is 0.268 e. The van der Waals surface area contributed by atoms with Gasteiger partial charge in [-0.3, -0.25) is 14.2 Å².